The topological polar surface area (TPSA) is 73.4 Å². The molecule has 5 rings (SSSR count). The van der Waals surface area contributed by atoms with E-state index in [1.807, 2.05) is 35.1 Å². The minimum absolute atomic E-state index is 0.0226. The molecule has 0 spiro atoms. The van der Waals surface area contributed by atoms with Gasteiger partial charge in [-0.25, -0.2) is 5.01 Å². The molecule has 0 amide bonds. The van der Waals surface area contributed by atoms with E-state index < -0.39 is 0 Å². The molecule has 4 aliphatic rings. The van der Waals surface area contributed by atoms with Crippen LogP contribution < -0.4 is 5.43 Å². The molecule has 31 heavy (non-hydrogen) atoms. The Hall–Kier alpha value is -3.26. The summed E-state index contributed by atoms with van der Waals surface area (Å²) >= 11 is 0. The van der Waals surface area contributed by atoms with Crippen LogP contribution in [0.2, 0.25) is 0 Å². The lowest BCUT2D eigenvalue weighted by Crippen LogP contribution is -2.37. The lowest BCUT2D eigenvalue weighted by molar-refractivity contribution is 0.361. The quantitative estimate of drug-likeness (QED) is 0.772. The molecule has 0 fully saturated rings. The van der Waals surface area contributed by atoms with Gasteiger partial charge in [-0.3, -0.25) is 15.1 Å². The third kappa shape index (κ3) is 4.16. The average Bonchev–Trinajstić information content (AvgIpc) is 3.39. The van der Waals surface area contributed by atoms with E-state index in [1.54, 1.807) is 0 Å². The van der Waals surface area contributed by atoms with Gasteiger partial charge in [-0.1, -0.05) is 24.3 Å². The van der Waals surface area contributed by atoms with Crippen LogP contribution >= 0.6 is 0 Å². The number of likely N-dealkylation sites (N-methyl/N-ethyl adjacent to an activating group) is 1. The van der Waals surface area contributed by atoms with Crippen LogP contribution in [0.5, 0.6) is 0 Å². The number of nitrogens with zero attached hydrogens (tertiary/aromatic N) is 7. The lowest BCUT2D eigenvalue weighted by Gasteiger charge is -2.26. The van der Waals surface area contributed by atoms with Crippen molar-refractivity contribution in [2.45, 2.75) is 32.1 Å². The summed E-state index contributed by atoms with van der Waals surface area (Å²) in [7, 11) is 4.15. The molecule has 1 aromatic heterocycles. The zero-order valence-electron chi connectivity index (χ0n) is 18.2. The summed E-state index contributed by atoms with van der Waals surface area (Å²) in [5.41, 5.74) is 7.61. The molecular formula is C23H28N8. The molecule has 8 heteroatoms. The monoisotopic (exact) mass is 416 g/mol. The number of allylic oxidation sites excluding steroid dienone is 3. The van der Waals surface area contributed by atoms with Crippen LogP contribution in [0.1, 0.15) is 18.9 Å². The van der Waals surface area contributed by atoms with Gasteiger partial charge >= 0.3 is 0 Å². The summed E-state index contributed by atoms with van der Waals surface area (Å²) in [5.74, 6) is 1.18. The van der Waals surface area contributed by atoms with E-state index in [9.17, 15) is 0 Å². The van der Waals surface area contributed by atoms with Crippen LogP contribution in [-0.4, -0.2) is 70.3 Å². The van der Waals surface area contributed by atoms with Crippen molar-refractivity contribution in [1.82, 2.24) is 25.1 Å². The van der Waals surface area contributed by atoms with E-state index in [0.717, 1.165) is 42.2 Å². The number of fused-ring (bicyclic) bond motifs is 2. The van der Waals surface area contributed by atoms with Gasteiger partial charge in [0.2, 0.25) is 0 Å². The Morgan fingerprint density at radius 3 is 2.94 bits per heavy atom. The first kappa shape index (κ1) is 19.7. The first-order valence-corrected chi connectivity index (χ1v) is 10.7. The number of aliphatic imine (C=N–C) groups is 1. The maximum atomic E-state index is 4.78. The third-order valence-corrected chi connectivity index (χ3v) is 5.81. The zero-order chi connectivity index (χ0) is 21.4. The maximum absolute atomic E-state index is 4.78. The normalized spacial score (nSPS) is 26.2. The van der Waals surface area contributed by atoms with Crippen LogP contribution in [0.25, 0.3) is 5.57 Å². The smallest absolute Gasteiger partial charge is 0.157 e. The van der Waals surface area contributed by atoms with Gasteiger partial charge in [-0.2, -0.15) is 15.3 Å². The van der Waals surface area contributed by atoms with Crippen LogP contribution in [0.4, 0.5) is 0 Å². The van der Waals surface area contributed by atoms with Gasteiger partial charge in [0, 0.05) is 36.9 Å². The molecule has 0 bridgehead atoms. The molecule has 0 aromatic carbocycles. The molecule has 3 unspecified atom stereocenters. The summed E-state index contributed by atoms with van der Waals surface area (Å²) in [6.45, 7) is 3.84. The van der Waals surface area contributed by atoms with E-state index in [2.05, 4.69) is 76.3 Å². The number of aromatic nitrogens is 2. The molecular weight excluding hydrogens is 388 g/mol. The number of amidine groups is 1. The van der Waals surface area contributed by atoms with Gasteiger partial charge in [-0.05, 0) is 44.3 Å². The van der Waals surface area contributed by atoms with Crippen molar-refractivity contribution in [1.29, 1.82) is 0 Å². The van der Waals surface area contributed by atoms with E-state index in [-0.39, 0.29) is 18.1 Å². The van der Waals surface area contributed by atoms with Gasteiger partial charge in [0.15, 0.2) is 12.0 Å². The Kier molecular flexibility index (Phi) is 5.15. The van der Waals surface area contributed by atoms with Crippen molar-refractivity contribution in [2.24, 2.45) is 21.1 Å². The van der Waals surface area contributed by atoms with Crippen molar-refractivity contribution in [3.8, 4) is 0 Å². The largest absolute Gasteiger partial charge is 0.308 e. The summed E-state index contributed by atoms with van der Waals surface area (Å²) in [4.78, 5) is 6.94. The number of hydrazone groups is 2. The van der Waals surface area contributed by atoms with Gasteiger partial charge < -0.3 is 4.90 Å². The Morgan fingerprint density at radius 2 is 2.06 bits per heavy atom. The Labute approximate surface area is 182 Å². The Bertz CT molecular complexity index is 1070. The number of dihydropyridines is 1. The highest BCUT2D eigenvalue weighted by molar-refractivity contribution is 6.10. The predicted molar refractivity (Wildman–Crippen MR) is 125 cm³/mol. The Morgan fingerprint density at radius 1 is 1.16 bits per heavy atom. The molecule has 3 atom stereocenters. The summed E-state index contributed by atoms with van der Waals surface area (Å²) < 4.78 is 2.00. The fourth-order valence-corrected chi connectivity index (χ4v) is 4.08. The molecule has 8 nitrogen and oxygen atoms in total. The molecule has 3 aliphatic heterocycles. The van der Waals surface area contributed by atoms with Crippen LogP contribution in [-0.2, 0) is 6.54 Å². The first-order valence-electron chi connectivity index (χ1n) is 10.7. The van der Waals surface area contributed by atoms with Gasteiger partial charge in [-0.15, -0.1) is 0 Å². The molecule has 160 valence electrons. The minimum atomic E-state index is 0.0226. The molecule has 0 saturated carbocycles. The fraction of sp³-hybridized carbons (Fsp3) is 0.391. The fourth-order valence-electron chi connectivity index (χ4n) is 4.08. The summed E-state index contributed by atoms with van der Waals surface area (Å²) in [6.07, 6.45) is 19.9. The number of hydrogen-bond donors (Lipinski definition) is 1. The lowest BCUT2D eigenvalue weighted by atomic mass is 9.86. The summed E-state index contributed by atoms with van der Waals surface area (Å²) in [6, 6.07) is 0.158. The second-order valence-corrected chi connectivity index (χ2v) is 8.59. The van der Waals surface area contributed by atoms with E-state index >= 15 is 0 Å². The van der Waals surface area contributed by atoms with Gasteiger partial charge in [0.25, 0.3) is 0 Å². The highest BCUT2D eigenvalue weighted by Crippen LogP contribution is 2.30. The second kappa shape index (κ2) is 8.11. The molecule has 1 aromatic rings. The maximum Gasteiger partial charge on any atom is 0.157 e. The number of rotatable bonds is 6. The van der Waals surface area contributed by atoms with Crippen molar-refractivity contribution in [3.63, 3.8) is 0 Å². The highest BCUT2D eigenvalue weighted by atomic mass is 15.6. The van der Waals surface area contributed by atoms with Crippen molar-refractivity contribution in [3.05, 3.63) is 60.0 Å². The van der Waals surface area contributed by atoms with E-state index in [4.69, 9.17) is 4.99 Å². The van der Waals surface area contributed by atoms with Gasteiger partial charge in [0.05, 0.1) is 24.5 Å². The molecule has 0 radical (unpaired) electrons. The third-order valence-electron chi connectivity index (χ3n) is 5.81. The first-order chi connectivity index (χ1) is 15.0. The Balaban J connectivity index is 1.29. The van der Waals surface area contributed by atoms with Crippen LogP contribution in [0.15, 0.2) is 69.6 Å². The van der Waals surface area contributed by atoms with Crippen molar-refractivity contribution < 1.29 is 0 Å². The van der Waals surface area contributed by atoms with Crippen LogP contribution in [0, 0.1) is 5.92 Å². The highest BCUT2D eigenvalue weighted by Gasteiger charge is 2.29. The molecule has 4 heterocycles. The zero-order valence-corrected chi connectivity index (χ0v) is 18.2. The van der Waals surface area contributed by atoms with Crippen LogP contribution in [0.3, 0.4) is 0 Å². The van der Waals surface area contributed by atoms with Gasteiger partial charge in [0.1, 0.15) is 0 Å². The average molecular weight is 417 g/mol. The second-order valence-electron chi connectivity index (χ2n) is 8.59. The molecule has 1 aliphatic carbocycles. The molecule has 1 N–H and O–H groups in total. The predicted octanol–water partition coefficient (Wildman–Crippen LogP) is 2.27. The SMILES string of the molecule is CC1=NN2C(CC3=CC4C=C(c5cnn(CCN(C)C)c5)C=NC4C=C3)=NNC2C=C1. The summed E-state index contributed by atoms with van der Waals surface area (Å²) in [5, 5.41) is 15.6. The van der Waals surface area contributed by atoms with Crippen molar-refractivity contribution in [2.75, 3.05) is 20.6 Å². The van der Waals surface area contributed by atoms with Crippen molar-refractivity contribution >= 4 is 23.3 Å². The minimum Gasteiger partial charge on any atom is -0.308 e. The number of nitrogens with one attached hydrogen (secondary N) is 1. The van der Waals surface area contributed by atoms with E-state index in [0.29, 0.717) is 0 Å². The number of hydrogen-bond acceptors (Lipinski definition) is 7. The van der Waals surface area contributed by atoms with E-state index in [1.165, 1.54) is 5.57 Å². The molecule has 0 saturated heterocycles. The standard InChI is InChI=1S/C23H28N8/c1-16-4-7-22-26-27-23(31(22)28-16)11-17-5-6-21-18(10-17)12-19(13-24-21)20-14-25-30(15-20)9-8-29(2)3/h4-7,10,12-15,18,21-22,26H,8-9,11H2,1-3H3.